The van der Waals surface area contributed by atoms with E-state index < -0.39 is 10.1 Å². The molecule has 0 aliphatic rings. The van der Waals surface area contributed by atoms with Gasteiger partial charge >= 0.3 is 0 Å². The minimum atomic E-state index is -4.35. The van der Waals surface area contributed by atoms with Crippen LogP contribution in [-0.2, 0) is 29.4 Å². The van der Waals surface area contributed by atoms with Gasteiger partial charge in [-0.15, -0.1) is 0 Å². The second-order valence-corrected chi connectivity index (χ2v) is 8.90. The van der Waals surface area contributed by atoms with Crippen molar-refractivity contribution < 1.29 is 13.0 Å². The fourth-order valence-corrected chi connectivity index (χ4v) is 4.59. The zero-order chi connectivity index (χ0) is 21.8. The molecule has 0 bridgehead atoms. The zero-order valence-electron chi connectivity index (χ0n) is 17.3. The van der Waals surface area contributed by atoms with Crippen molar-refractivity contribution in [2.24, 2.45) is 0 Å². The molecule has 0 fully saturated rings. The summed E-state index contributed by atoms with van der Waals surface area (Å²) >= 11 is 0. The number of aryl methyl sites for hydroxylation is 3. The number of rotatable bonds is 7. The van der Waals surface area contributed by atoms with Crippen LogP contribution < -0.4 is 0 Å². The van der Waals surface area contributed by atoms with Crippen LogP contribution in [0.3, 0.4) is 0 Å². The molecule has 0 saturated carbocycles. The van der Waals surface area contributed by atoms with Gasteiger partial charge in [0, 0.05) is 11.1 Å². The molecule has 0 radical (unpaired) electrons. The maximum Gasteiger partial charge on any atom is 0.294 e. The smallest absolute Gasteiger partial charge is 0.282 e. The Hall–Kier alpha value is -3.09. The highest BCUT2D eigenvalue weighted by Crippen LogP contribution is 2.30. The van der Waals surface area contributed by atoms with Gasteiger partial charge in [0.1, 0.15) is 0 Å². The first-order valence-electron chi connectivity index (χ1n) is 10.4. The molecule has 4 aromatic rings. The number of hydrogen-bond donors (Lipinski definition) is 1. The van der Waals surface area contributed by atoms with Crippen LogP contribution in [0, 0.1) is 0 Å². The van der Waals surface area contributed by atoms with Crippen LogP contribution >= 0.6 is 0 Å². The number of aromatic nitrogens is 2. The molecule has 1 heterocycles. The zero-order valence-corrected chi connectivity index (χ0v) is 18.1. The summed E-state index contributed by atoms with van der Waals surface area (Å²) in [5.41, 5.74) is 5.44. The monoisotopic (exact) mass is 432 g/mol. The average molecular weight is 433 g/mol. The minimum Gasteiger partial charge on any atom is -0.282 e. The number of nitrogens with zero attached hydrogens (tertiary/aromatic N) is 2. The van der Waals surface area contributed by atoms with Gasteiger partial charge in [0.15, 0.2) is 0 Å². The van der Waals surface area contributed by atoms with Gasteiger partial charge in [-0.1, -0.05) is 74.0 Å². The molecular formula is C25H24N2O3S. The highest BCUT2D eigenvalue weighted by atomic mass is 32.2. The molecule has 31 heavy (non-hydrogen) atoms. The standard InChI is InChI=1S/C25H24N2O3S/c1-2-9-20-23(31(28,29)30)17-16-22-25(20)27-24(19-12-7-4-8-13-19)21(26-22)15-14-18-10-5-3-6-11-18/h3-8,10-13,16-17H,2,9,14-15H2,1H3,(H,28,29,30). The second kappa shape index (κ2) is 8.96. The molecule has 1 N–H and O–H groups in total. The fourth-order valence-electron chi connectivity index (χ4n) is 3.84. The Kier molecular flexibility index (Phi) is 6.11. The summed E-state index contributed by atoms with van der Waals surface area (Å²) in [6.45, 7) is 1.96. The van der Waals surface area contributed by atoms with Gasteiger partial charge in [-0.25, -0.2) is 9.97 Å². The van der Waals surface area contributed by atoms with Crippen molar-refractivity contribution in [3.05, 3.63) is 89.6 Å². The van der Waals surface area contributed by atoms with Crippen LogP contribution in [0.25, 0.3) is 22.3 Å². The van der Waals surface area contributed by atoms with Gasteiger partial charge < -0.3 is 0 Å². The summed E-state index contributed by atoms with van der Waals surface area (Å²) in [5, 5.41) is 0. The first-order chi connectivity index (χ1) is 15.0. The Morgan fingerprint density at radius 1 is 0.806 bits per heavy atom. The molecular weight excluding hydrogens is 408 g/mol. The van der Waals surface area contributed by atoms with E-state index in [1.165, 1.54) is 11.6 Å². The average Bonchev–Trinajstić information content (AvgIpc) is 2.78. The van der Waals surface area contributed by atoms with Gasteiger partial charge in [0.25, 0.3) is 10.1 Å². The van der Waals surface area contributed by atoms with E-state index in [0.29, 0.717) is 29.4 Å². The summed E-state index contributed by atoms with van der Waals surface area (Å²) < 4.78 is 33.7. The van der Waals surface area contributed by atoms with Crippen molar-refractivity contribution in [1.29, 1.82) is 0 Å². The normalized spacial score (nSPS) is 11.7. The Morgan fingerprint density at radius 2 is 1.48 bits per heavy atom. The Morgan fingerprint density at radius 3 is 2.13 bits per heavy atom. The van der Waals surface area contributed by atoms with E-state index >= 15 is 0 Å². The third kappa shape index (κ3) is 4.65. The quantitative estimate of drug-likeness (QED) is 0.402. The summed E-state index contributed by atoms with van der Waals surface area (Å²) in [6.07, 6.45) is 2.74. The van der Waals surface area contributed by atoms with E-state index in [4.69, 9.17) is 9.97 Å². The van der Waals surface area contributed by atoms with E-state index in [2.05, 4.69) is 12.1 Å². The molecule has 0 aliphatic heterocycles. The van der Waals surface area contributed by atoms with Crippen LogP contribution in [0.1, 0.15) is 30.2 Å². The van der Waals surface area contributed by atoms with Gasteiger partial charge in [0.05, 0.1) is 27.3 Å². The van der Waals surface area contributed by atoms with Crippen LogP contribution in [0.5, 0.6) is 0 Å². The maximum absolute atomic E-state index is 12.0. The first kappa shape index (κ1) is 21.2. The molecule has 0 amide bonds. The van der Waals surface area contributed by atoms with Gasteiger partial charge in [-0.3, -0.25) is 4.55 Å². The van der Waals surface area contributed by atoms with E-state index in [1.54, 1.807) is 6.07 Å². The first-order valence-corrected chi connectivity index (χ1v) is 11.8. The fraction of sp³-hybridized carbons (Fsp3) is 0.200. The lowest BCUT2D eigenvalue weighted by Crippen LogP contribution is -2.07. The lowest BCUT2D eigenvalue weighted by Gasteiger charge is -2.14. The minimum absolute atomic E-state index is 0.0906. The Labute approximate surface area is 182 Å². The molecule has 0 atom stereocenters. The lowest BCUT2D eigenvalue weighted by atomic mass is 10.0. The molecule has 6 heteroatoms. The second-order valence-electron chi connectivity index (χ2n) is 7.51. The number of benzene rings is 3. The van der Waals surface area contributed by atoms with E-state index in [-0.39, 0.29) is 4.90 Å². The van der Waals surface area contributed by atoms with E-state index in [9.17, 15) is 13.0 Å². The summed E-state index contributed by atoms with van der Waals surface area (Å²) in [7, 11) is -4.35. The van der Waals surface area contributed by atoms with Crippen molar-refractivity contribution in [2.45, 2.75) is 37.5 Å². The Bertz CT molecular complexity index is 1310. The lowest BCUT2D eigenvalue weighted by molar-refractivity contribution is 0.482. The third-order valence-electron chi connectivity index (χ3n) is 5.29. The summed E-state index contributed by atoms with van der Waals surface area (Å²) in [6, 6.07) is 23.1. The van der Waals surface area contributed by atoms with Crippen LogP contribution in [0.15, 0.2) is 77.7 Å². The summed E-state index contributed by atoms with van der Waals surface area (Å²) in [4.78, 5) is 9.72. The van der Waals surface area contributed by atoms with Crippen LogP contribution in [0.4, 0.5) is 0 Å². The number of hydrogen-bond acceptors (Lipinski definition) is 4. The Balaban J connectivity index is 1.90. The van der Waals surface area contributed by atoms with E-state index in [0.717, 1.165) is 29.8 Å². The largest absolute Gasteiger partial charge is 0.294 e. The molecule has 0 saturated heterocycles. The molecule has 0 aliphatic carbocycles. The molecule has 0 spiro atoms. The molecule has 3 aromatic carbocycles. The SMILES string of the molecule is CCCc1c(S(=O)(=O)O)ccc2nc(CCc3ccccc3)c(-c3ccccc3)nc12. The van der Waals surface area contributed by atoms with Crippen molar-refractivity contribution in [2.75, 3.05) is 0 Å². The van der Waals surface area contributed by atoms with Crippen molar-refractivity contribution in [3.63, 3.8) is 0 Å². The predicted molar refractivity (Wildman–Crippen MR) is 123 cm³/mol. The van der Waals surface area contributed by atoms with Crippen molar-refractivity contribution in [1.82, 2.24) is 9.97 Å². The third-order valence-corrected chi connectivity index (χ3v) is 6.23. The van der Waals surface area contributed by atoms with Crippen LogP contribution in [0.2, 0.25) is 0 Å². The highest BCUT2D eigenvalue weighted by molar-refractivity contribution is 7.85. The van der Waals surface area contributed by atoms with Gasteiger partial charge in [-0.05, 0) is 37.0 Å². The van der Waals surface area contributed by atoms with Crippen molar-refractivity contribution >= 4 is 21.2 Å². The molecule has 5 nitrogen and oxygen atoms in total. The van der Waals surface area contributed by atoms with Crippen LogP contribution in [-0.4, -0.2) is 22.9 Å². The topological polar surface area (TPSA) is 80.2 Å². The number of fused-ring (bicyclic) bond motifs is 1. The van der Waals surface area contributed by atoms with Crippen molar-refractivity contribution in [3.8, 4) is 11.3 Å². The molecule has 158 valence electrons. The maximum atomic E-state index is 12.0. The predicted octanol–water partition coefficient (Wildman–Crippen LogP) is 5.28. The van der Waals surface area contributed by atoms with Gasteiger partial charge in [0.2, 0.25) is 0 Å². The molecule has 0 unspecified atom stereocenters. The van der Waals surface area contributed by atoms with E-state index in [1.807, 2.05) is 55.5 Å². The summed E-state index contributed by atoms with van der Waals surface area (Å²) in [5.74, 6) is 0. The molecule has 1 aromatic heterocycles. The van der Waals surface area contributed by atoms with Gasteiger partial charge in [-0.2, -0.15) is 8.42 Å². The molecule has 4 rings (SSSR count). The highest BCUT2D eigenvalue weighted by Gasteiger charge is 2.21.